The number of anilines is 1. The molecule has 3 amide bonds. The fourth-order valence-corrected chi connectivity index (χ4v) is 4.40. The number of hydrogen-bond acceptors (Lipinski definition) is 7. The summed E-state index contributed by atoms with van der Waals surface area (Å²) < 4.78 is 29.6. The first-order valence-electron chi connectivity index (χ1n) is 9.43. The molecule has 1 atom stereocenters. The van der Waals surface area contributed by atoms with Crippen LogP contribution in [0.2, 0.25) is 0 Å². The number of carbonyl (C=O) groups is 3. The van der Waals surface area contributed by atoms with Crippen LogP contribution >= 0.6 is 0 Å². The fourth-order valence-electron chi connectivity index (χ4n) is 3.49. The van der Waals surface area contributed by atoms with E-state index in [1.54, 1.807) is 6.92 Å². The van der Waals surface area contributed by atoms with Gasteiger partial charge in [-0.2, -0.15) is 0 Å². The van der Waals surface area contributed by atoms with Crippen LogP contribution in [0, 0.1) is 0 Å². The van der Waals surface area contributed by atoms with Crippen LogP contribution in [0.3, 0.4) is 0 Å². The first-order chi connectivity index (χ1) is 14.5. The fraction of sp³-hybridized carbons (Fsp3) is 0.286. The molecule has 0 bridgehead atoms. The highest BCUT2D eigenvalue weighted by molar-refractivity contribution is 7.90. The van der Waals surface area contributed by atoms with E-state index in [0.29, 0.717) is 0 Å². The maximum absolute atomic E-state index is 13.3. The van der Waals surface area contributed by atoms with E-state index in [4.69, 9.17) is 4.74 Å². The van der Waals surface area contributed by atoms with Gasteiger partial charge >= 0.3 is 0 Å². The Kier molecular flexibility index (Phi) is 6.03. The van der Waals surface area contributed by atoms with Crippen molar-refractivity contribution in [2.75, 3.05) is 23.9 Å². The average Bonchev–Trinajstić information content (AvgIpc) is 2.92. The molecular formula is C21H21N2O7S-. The van der Waals surface area contributed by atoms with Gasteiger partial charge in [0.2, 0.25) is 5.91 Å². The number of rotatable bonds is 7. The number of imide groups is 1. The van der Waals surface area contributed by atoms with Gasteiger partial charge in [0.05, 0.1) is 35.2 Å². The molecule has 0 unspecified atom stereocenters. The Labute approximate surface area is 179 Å². The van der Waals surface area contributed by atoms with E-state index in [0.717, 1.165) is 11.2 Å². The Balaban J connectivity index is 2.13. The van der Waals surface area contributed by atoms with Gasteiger partial charge in [0.1, 0.15) is 15.6 Å². The van der Waals surface area contributed by atoms with Gasteiger partial charge in [-0.1, -0.05) is 23.9 Å². The van der Waals surface area contributed by atoms with Crippen LogP contribution in [-0.2, 0) is 14.6 Å². The molecule has 1 heterocycles. The number of amides is 3. The molecule has 3 rings (SSSR count). The second-order valence-electron chi connectivity index (χ2n) is 7.14. The molecule has 1 N–H and O–H groups in total. The van der Waals surface area contributed by atoms with Gasteiger partial charge in [0.25, 0.3) is 11.8 Å². The topological polar surface area (TPSA) is 133 Å². The van der Waals surface area contributed by atoms with Gasteiger partial charge in [0, 0.05) is 13.2 Å². The van der Waals surface area contributed by atoms with Crippen molar-refractivity contribution < 1.29 is 32.6 Å². The van der Waals surface area contributed by atoms with E-state index >= 15 is 0 Å². The molecule has 31 heavy (non-hydrogen) atoms. The summed E-state index contributed by atoms with van der Waals surface area (Å²) in [7, 11) is -3.64. The van der Waals surface area contributed by atoms with Crippen molar-refractivity contribution in [2.24, 2.45) is 0 Å². The molecule has 0 saturated heterocycles. The summed E-state index contributed by atoms with van der Waals surface area (Å²) in [5.74, 6) is -2.80. The summed E-state index contributed by atoms with van der Waals surface area (Å²) in [5.41, 5.74) is 0.477. The lowest BCUT2D eigenvalue weighted by Crippen LogP contribution is -2.37. The molecule has 0 aromatic heterocycles. The second-order valence-corrected chi connectivity index (χ2v) is 9.32. The number of nitrogens with one attached hydrogen (secondary N) is 1. The summed E-state index contributed by atoms with van der Waals surface area (Å²) >= 11 is 0. The van der Waals surface area contributed by atoms with Crippen molar-refractivity contribution in [3.05, 3.63) is 53.1 Å². The van der Waals surface area contributed by atoms with Crippen molar-refractivity contribution in [2.45, 2.75) is 19.9 Å². The minimum absolute atomic E-state index is 0.00551. The van der Waals surface area contributed by atoms with E-state index < -0.39 is 45.1 Å². The molecule has 0 aliphatic carbocycles. The van der Waals surface area contributed by atoms with E-state index in [2.05, 4.69) is 5.32 Å². The van der Waals surface area contributed by atoms with Crippen LogP contribution in [-0.4, -0.2) is 49.7 Å². The zero-order valence-electron chi connectivity index (χ0n) is 17.2. The van der Waals surface area contributed by atoms with Gasteiger partial charge in [-0.25, -0.2) is 8.42 Å². The molecule has 2 aromatic rings. The lowest BCUT2D eigenvalue weighted by Gasteiger charge is -2.27. The largest absolute Gasteiger partial charge is 0.870 e. The Morgan fingerprint density at radius 1 is 1.19 bits per heavy atom. The van der Waals surface area contributed by atoms with Gasteiger partial charge in [-0.15, -0.1) is 0 Å². The number of benzene rings is 2. The first kappa shape index (κ1) is 22.3. The summed E-state index contributed by atoms with van der Waals surface area (Å²) in [6, 6.07) is 7.18. The lowest BCUT2D eigenvalue weighted by atomic mass is 10.1. The van der Waals surface area contributed by atoms with Crippen molar-refractivity contribution in [1.29, 1.82) is 0 Å². The predicted octanol–water partition coefficient (Wildman–Crippen LogP) is 1.50. The third-order valence-electron chi connectivity index (χ3n) is 4.68. The average molecular weight is 445 g/mol. The standard InChI is InChI=1S/C21H22N2O7S/c1-4-30-18-10-13(8-9-17(18)25)16(11-31(3,28)29)23-20(26)14-6-5-7-15(22-12(2)24)19(14)21(23)27/h5-10,16,25H,4,11H2,1-3H3,(H,22,24)/p-1/t16-/m1/s1. The van der Waals surface area contributed by atoms with Crippen LogP contribution in [0.4, 0.5) is 5.69 Å². The van der Waals surface area contributed by atoms with E-state index in [1.165, 1.54) is 43.3 Å². The third kappa shape index (κ3) is 4.53. The zero-order valence-corrected chi connectivity index (χ0v) is 18.0. The van der Waals surface area contributed by atoms with Crippen molar-refractivity contribution in [3.8, 4) is 11.5 Å². The van der Waals surface area contributed by atoms with Gasteiger partial charge < -0.3 is 15.2 Å². The Hall–Kier alpha value is -3.40. The van der Waals surface area contributed by atoms with Gasteiger partial charge in [-0.05, 0) is 30.7 Å². The molecule has 0 fully saturated rings. The van der Waals surface area contributed by atoms with Crippen LogP contribution in [0.15, 0.2) is 36.4 Å². The minimum Gasteiger partial charge on any atom is -0.870 e. The SMILES string of the molecule is CCOc1cc([C@@H](CS(C)(=O)=O)N2C(=O)c3cccc(NC(C)=O)c3C2=O)ccc1[O-]. The molecule has 1 aliphatic rings. The molecule has 0 radical (unpaired) electrons. The van der Waals surface area contributed by atoms with Crippen molar-refractivity contribution in [3.63, 3.8) is 0 Å². The van der Waals surface area contributed by atoms with E-state index in [1.807, 2.05) is 0 Å². The van der Waals surface area contributed by atoms with Gasteiger partial charge in [-0.3, -0.25) is 19.3 Å². The van der Waals surface area contributed by atoms with Crippen molar-refractivity contribution >= 4 is 33.2 Å². The van der Waals surface area contributed by atoms with Crippen LogP contribution in [0.5, 0.6) is 11.5 Å². The quantitative estimate of drug-likeness (QED) is 0.639. The van der Waals surface area contributed by atoms with Gasteiger partial charge in [0.15, 0.2) is 0 Å². The maximum Gasteiger partial charge on any atom is 0.264 e. The summed E-state index contributed by atoms with van der Waals surface area (Å²) in [6.07, 6.45) is 0.992. The van der Waals surface area contributed by atoms with Crippen molar-refractivity contribution in [1.82, 2.24) is 4.90 Å². The zero-order chi connectivity index (χ0) is 22.9. The van der Waals surface area contributed by atoms with Crippen LogP contribution in [0.1, 0.15) is 46.2 Å². The molecule has 9 nitrogen and oxygen atoms in total. The van der Waals surface area contributed by atoms with Crippen LogP contribution in [0.25, 0.3) is 0 Å². The molecule has 164 valence electrons. The number of fused-ring (bicyclic) bond motifs is 1. The number of ether oxygens (including phenoxy) is 1. The minimum atomic E-state index is -3.64. The number of sulfone groups is 1. The monoisotopic (exact) mass is 445 g/mol. The third-order valence-corrected chi connectivity index (χ3v) is 5.60. The number of nitrogens with zero attached hydrogens (tertiary/aromatic N) is 1. The summed E-state index contributed by atoms with van der Waals surface area (Å²) in [5, 5.41) is 14.5. The first-order valence-corrected chi connectivity index (χ1v) is 11.5. The number of hydrogen-bond donors (Lipinski definition) is 1. The normalized spacial score (nSPS) is 14.4. The molecule has 1 aliphatic heterocycles. The molecule has 2 aromatic carbocycles. The highest BCUT2D eigenvalue weighted by atomic mass is 32.2. The summed E-state index contributed by atoms with van der Waals surface area (Å²) in [6.45, 7) is 3.17. The van der Waals surface area contributed by atoms with E-state index in [9.17, 15) is 27.9 Å². The Bertz CT molecular complexity index is 1170. The Morgan fingerprint density at radius 3 is 2.52 bits per heavy atom. The lowest BCUT2D eigenvalue weighted by molar-refractivity contribution is -0.270. The highest BCUT2D eigenvalue weighted by Gasteiger charge is 2.43. The second kappa shape index (κ2) is 8.38. The van der Waals surface area contributed by atoms with Crippen LogP contribution < -0.4 is 15.2 Å². The molecule has 0 saturated carbocycles. The predicted molar refractivity (Wildman–Crippen MR) is 111 cm³/mol. The Morgan fingerprint density at radius 2 is 1.90 bits per heavy atom. The molecule has 0 spiro atoms. The highest BCUT2D eigenvalue weighted by Crippen LogP contribution is 2.37. The smallest absolute Gasteiger partial charge is 0.264 e. The van der Waals surface area contributed by atoms with E-state index in [-0.39, 0.29) is 34.7 Å². The summed E-state index contributed by atoms with van der Waals surface area (Å²) in [4.78, 5) is 38.7. The number of carbonyl (C=O) groups excluding carboxylic acids is 3. The molecular weight excluding hydrogens is 424 g/mol. The molecule has 10 heteroatoms. The maximum atomic E-state index is 13.3.